The van der Waals surface area contributed by atoms with Crippen molar-refractivity contribution in [2.75, 3.05) is 5.75 Å². The summed E-state index contributed by atoms with van der Waals surface area (Å²) in [5.41, 5.74) is 1.80. The van der Waals surface area contributed by atoms with Gasteiger partial charge in [-0.15, -0.1) is 0 Å². The van der Waals surface area contributed by atoms with Crippen LogP contribution in [0.2, 0.25) is 0 Å². The van der Waals surface area contributed by atoms with Gasteiger partial charge >= 0.3 is 5.97 Å². The smallest absolute Gasteiger partial charge is 0.304 e. The number of rotatable bonds is 6. The third kappa shape index (κ3) is 3.20. The number of fused-ring (bicyclic) bond motifs is 1. The van der Waals surface area contributed by atoms with Gasteiger partial charge in [-0.25, -0.2) is 0 Å². The molecule has 0 fully saturated rings. The number of benzene rings is 1. The summed E-state index contributed by atoms with van der Waals surface area (Å²) in [6, 6.07) is 7.81. The molecule has 5 nitrogen and oxygen atoms in total. The van der Waals surface area contributed by atoms with Crippen LogP contribution in [0.3, 0.4) is 0 Å². The molecule has 0 saturated heterocycles. The van der Waals surface area contributed by atoms with Gasteiger partial charge in [0.25, 0.3) is 0 Å². The third-order valence-corrected chi connectivity index (χ3v) is 4.13. The first kappa shape index (κ1) is 13.7. The SMILES string of the molecule is CCn1nc(CS(=O)CCC(=O)O)c2ccccc21. The average molecular weight is 280 g/mol. The lowest BCUT2D eigenvalue weighted by molar-refractivity contribution is -0.136. The zero-order valence-electron chi connectivity index (χ0n) is 10.7. The minimum absolute atomic E-state index is 0.0704. The zero-order valence-corrected chi connectivity index (χ0v) is 11.5. The summed E-state index contributed by atoms with van der Waals surface area (Å²) in [6.07, 6.45) is -0.0704. The Balaban J connectivity index is 2.21. The summed E-state index contributed by atoms with van der Waals surface area (Å²) in [7, 11) is -1.19. The topological polar surface area (TPSA) is 72.2 Å². The molecule has 0 spiro atoms. The van der Waals surface area contributed by atoms with E-state index < -0.39 is 16.8 Å². The van der Waals surface area contributed by atoms with Crippen molar-refractivity contribution in [1.82, 2.24) is 9.78 Å². The summed E-state index contributed by atoms with van der Waals surface area (Å²) in [4.78, 5) is 10.5. The summed E-state index contributed by atoms with van der Waals surface area (Å²) in [5.74, 6) is -0.444. The Hall–Kier alpha value is -1.69. The van der Waals surface area contributed by atoms with Crippen LogP contribution in [-0.2, 0) is 27.9 Å². The molecule has 0 saturated carbocycles. The van der Waals surface area contributed by atoms with Gasteiger partial charge in [-0.3, -0.25) is 13.7 Å². The monoisotopic (exact) mass is 280 g/mol. The number of carboxylic acid groups (broad SMARTS) is 1. The van der Waals surface area contributed by atoms with Gasteiger partial charge in [-0.1, -0.05) is 18.2 Å². The Morgan fingerprint density at radius 3 is 2.84 bits per heavy atom. The van der Waals surface area contributed by atoms with Crippen LogP contribution in [0.4, 0.5) is 0 Å². The molecule has 6 heteroatoms. The van der Waals surface area contributed by atoms with Crippen LogP contribution >= 0.6 is 0 Å². The van der Waals surface area contributed by atoms with E-state index in [2.05, 4.69) is 5.10 Å². The van der Waals surface area contributed by atoms with Gasteiger partial charge in [0, 0.05) is 28.5 Å². The molecule has 0 aliphatic heterocycles. The number of hydrogen-bond donors (Lipinski definition) is 1. The van der Waals surface area contributed by atoms with Crippen molar-refractivity contribution in [2.24, 2.45) is 0 Å². The van der Waals surface area contributed by atoms with Crippen molar-refractivity contribution >= 4 is 27.7 Å². The largest absolute Gasteiger partial charge is 0.481 e. The molecule has 2 aromatic rings. The first-order valence-electron chi connectivity index (χ1n) is 6.13. The lowest BCUT2D eigenvalue weighted by Crippen LogP contribution is -2.07. The average Bonchev–Trinajstić information content (AvgIpc) is 2.75. The summed E-state index contributed by atoms with van der Waals surface area (Å²) < 4.78 is 13.7. The van der Waals surface area contributed by atoms with E-state index in [1.54, 1.807) is 0 Å². The molecule has 0 aliphatic rings. The molecule has 1 heterocycles. The van der Waals surface area contributed by atoms with Crippen LogP contribution in [0.15, 0.2) is 24.3 Å². The predicted molar refractivity (Wildman–Crippen MR) is 74.4 cm³/mol. The molecule has 0 aliphatic carbocycles. The molecular weight excluding hydrogens is 264 g/mol. The van der Waals surface area contributed by atoms with Gasteiger partial charge in [0.05, 0.1) is 23.4 Å². The fraction of sp³-hybridized carbons (Fsp3) is 0.385. The number of carbonyl (C=O) groups is 1. The van der Waals surface area contributed by atoms with Crippen molar-refractivity contribution in [1.29, 1.82) is 0 Å². The molecular formula is C13H16N2O3S. The highest BCUT2D eigenvalue weighted by Gasteiger charge is 2.12. The Bertz CT molecular complexity index is 621. The van der Waals surface area contributed by atoms with Gasteiger partial charge in [-0.2, -0.15) is 5.10 Å². The van der Waals surface area contributed by atoms with E-state index in [0.717, 1.165) is 23.1 Å². The third-order valence-electron chi connectivity index (χ3n) is 2.88. The summed E-state index contributed by atoms with van der Waals surface area (Å²) in [6.45, 7) is 2.76. The lowest BCUT2D eigenvalue weighted by Gasteiger charge is -1.98. The first-order valence-corrected chi connectivity index (χ1v) is 7.61. The van der Waals surface area contributed by atoms with Crippen molar-refractivity contribution in [2.45, 2.75) is 25.6 Å². The Morgan fingerprint density at radius 2 is 2.16 bits per heavy atom. The second-order valence-corrected chi connectivity index (χ2v) is 5.79. The molecule has 0 amide bonds. The van der Waals surface area contributed by atoms with E-state index in [-0.39, 0.29) is 12.2 Å². The maximum Gasteiger partial charge on any atom is 0.304 e. The van der Waals surface area contributed by atoms with Crippen LogP contribution in [0.1, 0.15) is 19.0 Å². The van der Waals surface area contributed by atoms with E-state index in [9.17, 15) is 9.00 Å². The molecule has 1 unspecified atom stereocenters. The van der Waals surface area contributed by atoms with Crippen LogP contribution in [-0.4, -0.2) is 30.8 Å². The van der Waals surface area contributed by atoms with Crippen LogP contribution in [0.5, 0.6) is 0 Å². The number of hydrogen-bond acceptors (Lipinski definition) is 3. The number of carboxylic acids is 1. The fourth-order valence-electron chi connectivity index (χ4n) is 1.97. The van der Waals surface area contributed by atoms with Gasteiger partial charge in [0.15, 0.2) is 0 Å². The van der Waals surface area contributed by atoms with E-state index in [0.29, 0.717) is 5.75 Å². The minimum atomic E-state index is -1.19. The quantitative estimate of drug-likeness (QED) is 0.875. The standard InChI is InChI=1S/C13H16N2O3S/c1-2-15-12-6-4-3-5-10(12)11(14-15)9-19(18)8-7-13(16)17/h3-6H,2,7-9H2,1H3,(H,16,17). The van der Waals surface area contributed by atoms with Gasteiger partial charge in [0.2, 0.25) is 0 Å². The van der Waals surface area contributed by atoms with Crippen LogP contribution in [0.25, 0.3) is 10.9 Å². The van der Waals surface area contributed by atoms with Crippen molar-refractivity contribution < 1.29 is 14.1 Å². The summed E-state index contributed by atoms with van der Waals surface area (Å²) in [5, 5.41) is 14.0. The van der Waals surface area contributed by atoms with E-state index in [1.807, 2.05) is 35.9 Å². The maximum absolute atomic E-state index is 11.9. The fourth-order valence-corrected chi connectivity index (χ4v) is 3.03. The Morgan fingerprint density at radius 1 is 1.42 bits per heavy atom. The van der Waals surface area contributed by atoms with Gasteiger partial charge in [0.1, 0.15) is 0 Å². The van der Waals surface area contributed by atoms with Crippen LogP contribution in [0, 0.1) is 0 Å². The number of aryl methyl sites for hydroxylation is 1. The molecule has 0 radical (unpaired) electrons. The predicted octanol–water partition coefficient (Wildman–Crippen LogP) is 1.78. The van der Waals surface area contributed by atoms with Crippen molar-refractivity contribution in [3.63, 3.8) is 0 Å². The molecule has 1 N–H and O–H groups in total. The highest BCUT2D eigenvalue weighted by atomic mass is 32.2. The van der Waals surface area contributed by atoms with Crippen molar-refractivity contribution in [3.05, 3.63) is 30.0 Å². The number of aliphatic carboxylic acids is 1. The summed E-state index contributed by atoms with van der Waals surface area (Å²) >= 11 is 0. The Kier molecular flexibility index (Phi) is 4.31. The number of para-hydroxylation sites is 1. The normalized spacial score (nSPS) is 12.7. The number of aromatic nitrogens is 2. The highest BCUT2D eigenvalue weighted by molar-refractivity contribution is 7.84. The Labute approximate surface area is 113 Å². The van der Waals surface area contributed by atoms with Gasteiger partial charge in [-0.05, 0) is 13.0 Å². The van der Waals surface area contributed by atoms with Crippen LogP contribution < -0.4 is 0 Å². The van der Waals surface area contributed by atoms with E-state index in [4.69, 9.17) is 5.11 Å². The van der Waals surface area contributed by atoms with Crippen molar-refractivity contribution in [3.8, 4) is 0 Å². The first-order chi connectivity index (χ1) is 9.11. The second kappa shape index (κ2) is 5.97. The molecule has 1 aromatic carbocycles. The molecule has 19 heavy (non-hydrogen) atoms. The molecule has 102 valence electrons. The molecule has 2 rings (SSSR count). The molecule has 0 bridgehead atoms. The highest BCUT2D eigenvalue weighted by Crippen LogP contribution is 2.19. The molecule has 1 aromatic heterocycles. The lowest BCUT2D eigenvalue weighted by atomic mass is 10.2. The number of nitrogens with zero attached hydrogens (tertiary/aromatic N) is 2. The zero-order chi connectivity index (χ0) is 13.8. The maximum atomic E-state index is 11.9. The van der Waals surface area contributed by atoms with E-state index in [1.165, 1.54) is 0 Å². The second-order valence-electron chi connectivity index (χ2n) is 4.21. The van der Waals surface area contributed by atoms with Gasteiger partial charge < -0.3 is 5.11 Å². The minimum Gasteiger partial charge on any atom is -0.481 e. The van der Waals surface area contributed by atoms with E-state index >= 15 is 0 Å². The molecule has 1 atom stereocenters.